The molecule has 0 spiro atoms. The molecule has 1 aliphatic carbocycles. The normalized spacial score (nSPS) is 18.8. The number of ether oxygens (including phenoxy) is 2. The van der Waals surface area contributed by atoms with Gasteiger partial charge in [-0.25, -0.2) is 0 Å². The second-order valence-electron chi connectivity index (χ2n) is 5.81. The van der Waals surface area contributed by atoms with Crippen molar-refractivity contribution in [3.63, 3.8) is 0 Å². The molecular formula is C15H31NO2. The molecule has 3 nitrogen and oxygen atoms in total. The van der Waals surface area contributed by atoms with Crippen LogP contribution >= 0.6 is 0 Å². The highest BCUT2D eigenvalue weighted by molar-refractivity contribution is 4.92. The van der Waals surface area contributed by atoms with Crippen LogP contribution in [0.5, 0.6) is 0 Å². The fourth-order valence-corrected chi connectivity index (χ4v) is 2.59. The van der Waals surface area contributed by atoms with Gasteiger partial charge in [-0.2, -0.15) is 0 Å². The Morgan fingerprint density at radius 1 is 1.22 bits per heavy atom. The van der Waals surface area contributed by atoms with Crippen LogP contribution in [0.25, 0.3) is 0 Å². The Morgan fingerprint density at radius 3 is 2.61 bits per heavy atom. The van der Waals surface area contributed by atoms with Gasteiger partial charge >= 0.3 is 0 Å². The van der Waals surface area contributed by atoms with Crippen molar-refractivity contribution in [3.05, 3.63) is 0 Å². The van der Waals surface area contributed by atoms with Crippen molar-refractivity contribution in [1.82, 2.24) is 5.32 Å². The van der Waals surface area contributed by atoms with E-state index >= 15 is 0 Å². The van der Waals surface area contributed by atoms with Gasteiger partial charge in [0, 0.05) is 20.3 Å². The fraction of sp³-hybridized carbons (Fsp3) is 1.00. The van der Waals surface area contributed by atoms with Gasteiger partial charge in [0.25, 0.3) is 0 Å². The minimum atomic E-state index is 0.486. The highest BCUT2D eigenvalue weighted by atomic mass is 16.5. The van der Waals surface area contributed by atoms with Crippen molar-refractivity contribution in [2.24, 2.45) is 11.3 Å². The lowest BCUT2D eigenvalue weighted by atomic mass is 9.80. The van der Waals surface area contributed by atoms with E-state index in [0.717, 1.165) is 25.7 Å². The van der Waals surface area contributed by atoms with Crippen LogP contribution in [-0.2, 0) is 9.47 Å². The zero-order valence-corrected chi connectivity index (χ0v) is 12.5. The summed E-state index contributed by atoms with van der Waals surface area (Å²) in [5.74, 6) is 0.945. The number of hydrogen-bond acceptors (Lipinski definition) is 3. The van der Waals surface area contributed by atoms with Crippen LogP contribution in [0.3, 0.4) is 0 Å². The Hall–Kier alpha value is -0.120. The third-order valence-corrected chi connectivity index (χ3v) is 3.99. The van der Waals surface area contributed by atoms with Crippen LogP contribution < -0.4 is 5.32 Å². The lowest BCUT2D eigenvalue weighted by Crippen LogP contribution is -2.34. The van der Waals surface area contributed by atoms with E-state index in [9.17, 15) is 0 Å². The maximum Gasteiger partial charge on any atom is 0.0700 e. The van der Waals surface area contributed by atoms with Crippen molar-refractivity contribution < 1.29 is 9.47 Å². The second-order valence-corrected chi connectivity index (χ2v) is 5.81. The van der Waals surface area contributed by atoms with Crippen LogP contribution in [0, 0.1) is 11.3 Å². The number of rotatable bonds is 12. The monoisotopic (exact) mass is 257 g/mol. The first kappa shape index (κ1) is 15.9. The summed E-state index contributed by atoms with van der Waals surface area (Å²) in [4.78, 5) is 0. The molecule has 0 aromatic rings. The van der Waals surface area contributed by atoms with Crippen molar-refractivity contribution >= 4 is 0 Å². The molecule has 1 rings (SSSR count). The van der Waals surface area contributed by atoms with Gasteiger partial charge in [0.1, 0.15) is 0 Å². The lowest BCUT2D eigenvalue weighted by Gasteiger charge is -2.30. The summed E-state index contributed by atoms with van der Waals surface area (Å²) in [6, 6.07) is 0. The van der Waals surface area contributed by atoms with Gasteiger partial charge in [0.2, 0.25) is 0 Å². The molecule has 3 heteroatoms. The first-order valence-corrected chi connectivity index (χ1v) is 7.50. The van der Waals surface area contributed by atoms with E-state index in [4.69, 9.17) is 9.47 Å². The maximum absolute atomic E-state index is 5.55. The molecule has 0 amide bonds. The van der Waals surface area contributed by atoms with E-state index in [2.05, 4.69) is 19.2 Å². The predicted molar refractivity (Wildman–Crippen MR) is 75.9 cm³/mol. The Balaban J connectivity index is 2.12. The summed E-state index contributed by atoms with van der Waals surface area (Å²) in [5, 5.41) is 3.60. The zero-order chi connectivity index (χ0) is 13.3. The maximum atomic E-state index is 5.55. The molecule has 18 heavy (non-hydrogen) atoms. The van der Waals surface area contributed by atoms with Crippen molar-refractivity contribution in [3.8, 4) is 0 Å². The number of methoxy groups -OCH3 is 1. The van der Waals surface area contributed by atoms with E-state index < -0.39 is 0 Å². The Bertz CT molecular complexity index is 207. The quantitative estimate of drug-likeness (QED) is 0.545. The highest BCUT2D eigenvalue weighted by Gasteiger charge is 2.40. The van der Waals surface area contributed by atoms with Crippen LogP contribution in [0.2, 0.25) is 0 Å². The molecule has 0 aromatic carbocycles. The third-order valence-electron chi connectivity index (χ3n) is 3.99. The smallest absolute Gasteiger partial charge is 0.0700 e. The molecule has 1 unspecified atom stereocenters. The first-order chi connectivity index (χ1) is 8.73. The van der Waals surface area contributed by atoms with E-state index in [1.54, 1.807) is 7.11 Å². The van der Waals surface area contributed by atoms with Gasteiger partial charge in [-0.15, -0.1) is 0 Å². The Kier molecular flexibility index (Phi) is 7.87. The summed E-state index contributed by atoms with van der Waals surface area (Å²) in [7, 11) is 1.72. The minimum absolute atomic E-state index is 0.486. The third kappa shape index (κ3) is 6.17. The van der Waals surface area contributed by atoms with Crippen LogP contribution in [0.1, 0.15) is 46.0 Å². The molecule has 0 aromatic heterocycles. The summed E-state index contributed by atoms with van der Waals surface area (Å²) in [6.45, 7) is 9.30. The molecule has 108 valence electrons. The molecular weight excluding hydrogens is 226 g/mol. The Labute approximate surface area is 113 Å². The van der Waals surface area contributed by atoms with E-state index in [1.165, 1.54) is 38.6 Å². The average molecular weight is 257 g/mol. The van der Waals surface area contributed by atoms with E-state index in [0.29, 0.717) is 12.0 Å². The van der Waals surface area contributed by atoms with Crippen LogP contribution in [0.15, 0.2) is 0 Å². The van der Waals surface area contributed by atoms with E-state index in [-0.39, 0.29) is 0 Å². The topological polar surface area (TPSA) is 30.5 Å². The average Bonchev–Trinajstić information content (AvgIpc) is 3.18. The van der Waals surface area contributed by atoms with E-state index in [1.807, 2.05) is 0 Å². The molecule has 1 fully saturated rings. The summed E-state index contributed by atoms with van der Waals surface area (Å²) >= 11 is 0. The van der Waals surface area contributed by atoms with Gasteiger partial charge < -0.3 is 14.8 Å². The number of nitrogens with one attached hydrogen (secondary N) is 1. The highest BCUT2D eigenvalue weighted by Crippen LogP contribution is 2.47. The van der Waals surface area contributed by atoms with Gasteiger partial charge in [0.15, 0.2) is 0 Å². The lowest BCUT2D eigenvalue weighted by molar-refractivity contribution is 0.0627. The predicted octanol–water partition coefficient (Wildman–Crippen LogP) is 2.85. The molecule has 1 atom stereocenters. The molecule has 1 N–H and O–H groups in total. The van der Waals surface area contributed by atoms with Crippen molar-refractivity contribution in [2.45, 2.75) is 46.0 Å². The second kappa shape index (κ2) is 8.89. The standard InChI is InChI=1S/C15H31NO2/c1-4-9-16-13-15(2,14-6-7-14)8-5-10-18-12-11-17-3/h14,16H,4-13H2,1-3H3. The molecule has 1 aliphatic rings. The summed E-state index contributed by atoms with van der Waals surface area (Å²) in [5.41, 5.74) is 0.486. The fourth-order valence-electron chi connectivity index (χ4n) is 2.59. The zero-order valence-electron chi connectivity index (χ0n) is 12.5. The summed E-state index contributed by atoms with van der Waals surface area (Å²) < 4.78 is 10.5. The van der Waals surface area contributed by atoms with Crippen LogP contribution in [-0.4, -0.2) is 40.0 Å². The molecule has 0 bridgehead atoms. The van der Waals surface area contributed by atoms with Crippen LogP contribution in [0.4, 0.5) is 0 Å². The largest absolute Gasteiger partial charge is 0.382 e. The Morgan fingerprint density at radius 2 is 2.00 bits per heavy atom. The molecule has 1 saturated carbocycles. The van der Waals surface area contributed by atoms with Gasteiger partial charge in [-0.1, -0.05) is 13.8 Å². The molecule has 0 radical (unpaired) electrons. The van der Waals surface area contributed by atoms with Crippen molar-refractivity contribution in [1.29, 1.82) is 0 Å². The van der Waals surface area contributed by atoms with Gasteiger partial charge in [0.05, 0.1) is 13.2 Å². The first-order valence-electron chi connectivity index (χ1n) is 7.50. The summed E-state index contributed by atoms with van der Waals surface area (Å²) in [6.07, 6.45) is 6.52. The molecule has 0 heterocycles. The minimum Gasteiger partial charge on any atom is -0.382 e. The molecule has 0 aliphatic heterocycles. The van der Waals surface area contributed by atoms with Gasteiger partial charge in [-0.05, 0) is 50.0 Å². The van der Waals surface area contributed by atoms with Gasteiger partial charge in [-0.3, -0.25) is 0 Å². The molecule has 0 saturated heterocycles. The van der Waals surface area contributed by atoms with Crippen molar-refractivity contribution in [2.75, 3.05) is 40.0 Å². The SMILES string of the molecule is CCCNCC(C)(CCCOCCOC)C1CC1. The number of hydrogen-bond donors (Lipinski definition) is 1.